The van der Waals surface area contributed by atoms with E-state index in [9.17, 15) is 9.59 Å². The van der Waals surface area contributed by atoms with Gasteiger partial charge in [0, 0.05) is 26.2 Å². The van der Waals surface area contributed by atoms with Gasteiger partial charge in [-0.25, -0.2) is 4.79 Å². The molecule has 1 fully saturated rings. The van der Waals surface area contributed by atoms with Gasteiger partial charge in [0.15, 0.2) is 0 Å². The number of amides is 2. The van der Waals surface area contributed by atoms with Crippen molar-refractivity contribution in [3.63, 3.8) is 0 Å². The van der Waals surface area contributed by atoms with Crippen molar-refractivity contribution < 1.29 is 24.5 Å². The molecule has 1 heterocycles. The van der Waals surface area contributed by atoms with E-state index in [1.165, 1.54) is 0 Å². The van der Waals surface area contributed by atoms with E-state index in [1.54, 1.807) is 16.7 Å². The van der Waals surface area contributed by atoms with Crippen LogP contribution in [0, 0.1) is 5.92 Å². The molecule has 1 aliphatic rings. The lowest BCUT2D eigenvalue weighted by Gasteiger charge is -2.35. The van der Waals surface area contributed by atoms with Crippen molar-refractivity contribution in [1.29, 1.82) is 0 Å². The van der Waals surface area contributed by atoms with Crippen LogP contribution in [0.25, 0.3) is 0 Å². The van der Waals surface area contributed by atoms with Gasteiger partial charge in [-0.1, -0.05) is 6.92 Å². The Labute approximate surface area is 125 Å². The molecule has 0 aromatic carbocycles. The van der Waals surface area contributed by atoms with E-state index >= 15 is 0 Å². The van der Waals surface area contributed by atoms with Gasteiger partial charge >= 0.3 is 12.0 Å². The van der Waals surface area contributed by atoms with Crippen LogP contribution >= 0.6 is 0 Å². The molecule has 0 radical (unpaired) electrons. The van der Waals surface area contributed by atoms with E-state index in [1.807, 2.05) is 6.92 Å². The van der Waals surface area contributed by atoms with Crippen LogP contribution in [0.5, 0.6) is 0 Å². The SMILES string of the molecule is CCN(CC(C)C(=O)O)C(=O)N1CCC(OCCO)CC1. The number of carboxylic acids is 1. The van der Waals surface area contributed by atoms with Gasteiger partial charge in [-0.3, -0.25) is 4.79 Å². The molecule has 1 saturated heterocycles. The third kappa shape index (κ3) is 5.51. The number of ether oxygens (including phenoxy) is 1. The number of carbonyl (C=O) groups is 2. The number of hydrogen-bond acceptors (Lipinski definition) is 4. The van der Waals surface area contributed by atoms with Crippen LogP contribution in [-0.4, -0.2) is 77.5 Å². The first-order valence-electron chi connectivity index (χ1n) is 7.48. The van der Waals surface area contributed by atoms with Crippen molar-refractivity contribution in [3.8, 4) is 0 Å². The minimum absolute atomic E-state index is 0.00976. The fourth-order valence-corrected chi connectivity index (χ4v) is 2.38. The number of piperidine rings is 1. The minimum atomic E-state index is -0.891. The fourth-order valence-electron chi connectivity index (χ4n) is 2.38. The summed E-state index contributed by atoms with van der Waals surface area (Å²) >= 11 is 0. The first kappa shape index (κ1) is 17.7. The number of likely N-dealkylation sites (tertiary alicyclic amines) is 1. The van der Waals surface area contributed by atoms with Crippen LogP contribution in [0.1, 0.15) is 26.7 Å². The zero-order valence-electron chi connectivity index (χ0n) is 12.8. The molecule has 21 heavy (non-hydrogen) atoms. The maximum Gasteiger partial charge on any atom is 0.320 e. The molecular weight excluding hydrogens is 276 g/mol. The normalized spacial score (nSPS) is 17.6. The maximum absolute atomic E-state index is 12.4. The topological polar surface area (TPSA) is 90.3 Å². The van der Waals surface area contributed by atoms with Gasteiger partial charge in [-0.2, -0.15) is 0 Å². The van der Waals surface area contributed by atoms with Gasteiger partial charge in [0.1, 0.15) is 0 Å². The van der Waals surface area contributed by atoms with Crippen LogP contribution in [0.4, 0.5) is 4.79 Å². The Morgan fingerprint density at radius 2 is 2.00 bits per heavy atom. The summed E-state index contributed by atoms with van der Waals surface area (Å²) < 4.78 is 5.46. The Balaban J connectivity index is 2.45. The van der Waals surface area contributed by atoms with Crippen LogP contribution in [0.3, 0.4) is 0 Å². The first-order chi connectivity index (χ1) is 9.99. The van der Waals surface area contributed by atoms with Gasteiger partial charge in [-0.05, 0) is 19.8 Å². The van der Waals surface area contributed by atoms with Crippen LogP contribution in [-0.2, 0) is 9.53 Å². The van der Waals surface area contributed by atoms with E-state index in [-0.39, 0.29) is 25.3 Å². The Morgan fingerprint density at radius 1 is 1.38 bits per heavy atom. The summed E-state index contributed by atoms with van der Waals surface area (Å²) in [6.07, 6.45) is 1.59. The molecule has 0 spiro atoms. The molecule has 122 valence electrons. The number of carbonyl (C=O) groups excluding carboxylic acids is 1. The summed E-state index contributed by atoms with van der Waals surface area (Å²) in [7, 11) is 0. The standard InChI is InChI=1S/C14H26N2O5/c1-3-15(10-11(2)13(18)19)14(20)16-6-4-12(5-7-16)21-9-8-17/h11-12,17H,3-10H2,1-2H3,(H,18,19). The summed E-state index contributed by atoms with van der Waals surface area (Å²) in [5, 5.41) is 17.7. The lowest BCUT2D eigenvalue weighted by molar-refractivity contribution is -0.141. The molecule has 1 aliphatic heterocycles. The second-order valence-corrected chi connectivity index (χ2v) is 5.34. The van der Waals surface area contributed by atoms with E-state index in [0.717, 1.165) is 12.8 Å². The molecule has 0 aromatic rings. The van der Waals surface area contributed by atoms with Crippen molar-refractivity contribution >= 4 is 12.0 Å². The van der Waals surface area contributed by atoms with Gasteiger partial charge in [0.2, 0.25) is 0 Å². The lowest BCUT2D eigenvalue weighted by Crippen LogP contribution is -2.49. The summed E-state index contributed by atoms with van der Waals surface area (Å²) in [5.74, 6) is -1.46. The highest BCUT2D eigenvalue weighted by Crippen LogP contribution is 2.16. The van der Waals surface area contributed by atoms with Crippen molar-refractivity contribution in [3.05, 3.63) is 0 Å². The molecule has 0 aliphatic carbocycles. The Kier molecular flexibility index (Phi) is 7.45. The van der Waals surface area contributed by atoms with Crippen LogP contribution < -0.4 is 0 Å². The molecule has 7 heteroatoms. The third-order valence-corrected chi connectivity index (χ3v) is 3.73. The highest BCUT2D eigenvalue weighted by Gasteiger charge is 2.27. The molecule has 0 saturated carbocycles. The van der Waals surface area contributed by atoms with Gasteiger partial charge in [0.25, 0.3) is 0 Å². The van der Waals surface area contributed by atoms with Crippen molar-refractivity contribution in [2.24, 2.45) is 5.92 Å². The molecule has 0 bridgehead atoms. The summed E-state index contributed by atoms with van der Waals surface area (Å²) in [4.78, 5) is 26.6. The predicted molar refractivity (Wildman–Crippen MR) is 77.1 cm³/mol. The Morgan fingerprint density at radius 3 is 2.48 bits per heavy atom. The molecule has 1 rings (SSSR count). The van der Waals surface area contributed by atoms with Crippen LogP contribution in [0.15, 0.2) is 0 Å². The first-order valence-corrected chi connectivity index (χ1v) is 7.48. The summed E-state index contributed by atoms with van der Waals surface area (Å²) in [5.41, 5.74) is 0. The third-order valence-electron chi connectivity index (χ3n) is 3.73. The largest absolute Gasteiger partial charge is 0.481 e. The summed E-state index contributed by atoms with van der Waals surface area (Å²) in [6.45, 7) is 5.73. The van der Waals surface area contributed by atoms with E-state index in [0.29, 0.717) is 26.2 Å². The van der Waals surface area contributed by atoms with Gasteiger partial charge in [0.05, 0.1) is 25.2 Å². The molecule has 1 atom stereocenters. The Bertz CT molecular complexity index is 342. The average molecular weight is 302 g/mol. The predicted octanol–water partition coefficient (Wildman–Crippen LogP) is 0.622. The maximum atomic E-state index is 12.4. The smallest absolute Gasteiger partial charge is 0.320 e. The molecule has 7 nitrogen and oxygen atoms in total. The summed E-state index contributed by atoms with van der Waals surface area (Å²) in [6, 6.07) is -0.105. The Hall–Kier alpha value is -1.34. The quantitative estimate of drug-likeness (QED) is 0.719. The number of aliphatic carboxylic acids is 1. The number of nitrogens with zero attached hydrogens (tertiary/aromatic N) is 2. The zero-order valence-corrected chi connectivity index (χ0v) is 12.8. The second-order valence-electron chi connectivity index (χ2n) is 5.34. The number of aliphatic hydroxyl groups is 1. The van der Waals surface area contributed by atoms with E-state index in [4.69, 9.17) is 14.9 Å². The van der Waals surface area contributed by atoms with Gasteiger partial charge < -0.3 is 24.7 Å². The van der Waals surface area contributed by atoms with Crippen molar-refractivity contribution in [2.75, 3.05) is 39.4 Å². The van der Waals surface area contributed by atoms with E-state index < -0.39 is 11.9 Å². The highest BCUT2D eigenvalue weighted by molar-refractivity contribution is 5.76. The van der Waals surface area contributed by atoms with Crippen molar-refractivity contribution in [1.82, 2.24) is 9.80 Å². The number of hydrogen-bond donors (Lipinski definition) is 2. The number of carboxylic acid groups (broad SMARTS) is 1. The van der Waals surface area contributed by atoms with Gasteiger partial charge in [-0.15, -0.1) is 0 Å². The molecule has 2 amide bonds. The zero-order chi connectivity index (χ0) is 15.8. The molecule has 2 N–H and O–H groups in total. The number of urea groups is 1. The highest BCUT2D eigenvalue weighted by atomic mass is 16.5. The van der Waals surface area contributed by atoms with Crippen LogP contribution in [0.2, 0.25) is 0 Å². The molecule has 1 unspecified atom stereocenters. The molecular formula is C14H26N2O5. The minimum Gasteiger partial charge on any atom is -0.481 e. The fraction of sp³-hybridized carbons (Fsp3) is 0.857. The number of aliphatic hydroxyl groups excluding tert-OH is 1. The number of rotatable bonds is 7. The lowest BCUT2D eigenvalue weighted by atomic mass is 10.1. The van der Waals surface area contributed by atoms with Crippen molar-refractivity contribution in [2.45, 2.75) is 32.8 Å². The average Bonchev–Trinajstić information content (AvgIpc) is 2.50. The monoisotopic (exact) mass is 302 g/mol. The molecule has 0 aromatic heterocycles. The van der Waals surface area contributed by atoms with E-state index in [2.05, 4.69) is 0 Å². The second kappa shape index (κ2) is 8.84.